The first kappa shape index (κ1) is 17.9. The van der Waals surface area contributed by atoms with E-state index in [0.29, 0.717) is 28.8 Å². The van der Waals surface area contributed by atoms with Crippen LogP contribution in [0.4, 0.5) is 5.13 Å². The predicted molar refractivity (Wildman–Crippen MR) is 108 cm³/mol. The molecule has 1 aliphatic heterocycles. The van der Waals surface area contributed by atoms with Crippen molar-refractivity contribution < 1.29 is 4.79 Å². The van der Waals surface area contributed by atoms with Crippen LogP contribution in [0, 0.1) is 0 Å². The first-order chi connectivity index (χ1) is 13.1. The highest BCUT2D eigenvalue weighted by Crippen LogP contribution is 2.42. The molecule has 0 bridgehead atoms. The molecule has 7 heteroatoms. The van der Waals surface area contributed by atoms with Gasteiger partial charge in [-0.15, -0.1) is 11.3 Å². The molecular formula is C20H19ClN4OS. The number of pyridine rings is 1. The lowest BCUT2D eigenvalue weighted by Crippen LogP contribution is -2.46. The Balaban J connectivity index is 1.62. The third kappa shape index (κ3) is 3.31. The third-order valence-corrected chi connectivity index (χ3v) is 6.22. The summed E-state index contributed by atoms with van der Waals surface area (Å²) in [7, 11) is 0. The Labute approximate surface area is 166 Å². The van der Waals surface area contributed by atoms with Crippen molar-refractivity contribution in [1.82, 2.24) is 14.9 Å². The second-order valence-corrected chi connectivity index (χ2v) is 7.96. The van der Waals surface area contributed by atoms with Crippen LogP contribution in [0.3, 0.4) is 0 Å². The van der Waals surface area contributed by atoms with Crippen LogP contribution in [-0.4, -0.2) is 33.9 Å². The van der Waals surface area contributed by atoms with Crippen molar-refractivity contribution in [3.05, 3.63) is 76.0 Å². The summed E-state index contributed by atoms with van der Waals surface area (Å²) in [5.74, 6) is -0.0538. The topological polar surface area (TPSA) is 72.1 Å². The molecule has 0 spiro atoms. The molecule has 138 valence electrons. The second kappa shape index (κ2) is 7.29. The number of nitrogen functional groups attached to an aromatic ring is 1. The van der Waals surface area contributed by atoms with Gasteiger partial charge in [-0.25, -0.2) is 4.98 Å². The van der Waals surface area contributed by atoms with Crippen LogP contribution in [0.1, 0.15) is 34.5 Å². The number of halogens is 1. The van der Waals surface area contributed by atoms with Gasteiger partial charge in [0.2, 0.25) is 0 Å². The van der Waals surface area contributed by atoms with Gasteiger partial charge in [0, 0.05) is 36.3 Å². The van der Waals surface area contributed by atoms with Crippen molar-refractivity contribution in [1.29, 1.82) is 0 Å². The van der Waals surface area contributed by atoms with Crippen molar-refractivity contribution in [2.45, 2.75) is 18.3 Å². The Kier molecular flexibility index (Phi) is 4.85. The van der Waals surface area contributed by atoms with E-state index in [-0.39, 0.29) is 11.3 Å². The number of hydrogen-bond acceptors (Lipinski definition) is 5. The molecule has 27 heavy (non-hydrogen) atoms. The fourth-order valence-electron chi connectivity index (χ4n) is 3.77. The molecule has 0 aliphatic carbocycles. The van der Waals surface area contributed by atoms with Crippen LogP contribution in [0.25, 0.3) is 0 Å². The summed E-state index contributed by atoms with van der Waals surface area (Å²) in [5.41, 5.74) is 8.39. The van der Waals surface area contributed by atoms with E-state index in [2.05, 4.69) is 22.1 Å². The summed E-state index contributed by atoms with van der Waals surface area (Å²) >= 11 is 7.62. The maximum absolute atomic E-state index is 12.9. The van der Waals surface area contributed by atoms with Gasteiger partial charge in [-0.1, -0.05) is 41.9 Å². The first-order valence-corrected chi connectivity index (χ1v) is 10.0. The number of nitrogens with two attached hydrogens (primary N) is 1. The van der Waals surface area contributed by atoms with Gasteiger partial charge in [-0.3, -0.25) is 9.78 Å². The van der Waals surface area contributed by atoms with E-state index in [1.165, 1.54) is 23.1 Å². The summed E-state index contributed by atoms with van der Waals surface area (Å²) in [6.07, 6.45) is 4.67. The number of amides is 1. The molecule has 1 amide bonds. The van der Waals surface area contributed by atoms with E-state index in [1.807, 2.05) is 28.5 Å². The zero-order valence-corrected chi connectivity index (χ0v) is 16.2. The van der Waals surface area contributed by atoms with Crippen molar-refractivity contribution in [2.75, 3.05) is 18.8 Å². The standard InChI is InChI=1S/C20H19ClN4OS/c21-16-12-23-9-6-15(16)18(26)25-10-7-20(8-11-25,14-4-2-1-3-5-14)17-13-27-19(22)24-17/h1-6,9,12-13H,7-8,10-11H2,(H2,22,24). The van der Waals surface area contributed by atoms with Gasteiger partial charge >= 0.3 is 0 Å². The van der Waals surface area contributed by atoms with Gasteiger partial charge in [0.25, 0.3) is 5.91 Å². The minimum Gasteiger partial charge on any atom is -0.375 e. The van der Waals surface area contributed by atoms with Gasteiger partial charge in [0.05, 0.1) is 16.3 Å². The Morgan fingerprint density at radius 3 is 2.56 bits per heavy atom. The van der Waals surface area contributed by atoms with Crippen LogP contribution in [0.2, 0.25) is 5.02 Å². The molecule has 1 aromatic carbocycles. The average Bonchev–Trinajstić information content (AvgIpc) is 3.15. The minimum atomic E-state index is -0.228. The number of likely N-dealkylation sites (tertiary alicyclic amines) is 1. The number of aromatic nitrogens is 2. The van der Waals surface area contributed by atoms with E-state index < -0.39 is 0 Å². The minimum absolute atomic E-state index is 0.0538. The fraction of sp³-hybridized carbons (Fsp3) is 0.250. The van der Waals surface area contributed by atoms with Crippen molar-refractivity contribution in [2.24, 2.45) is 0 Å². The molecule has 1 fully saturated rings. The molecule has 3 heterocycles. The normalized spacial score (nSPS) is 16.3. The Hall–Kier alpha value is -2.44. The fourth-order valence-corrected chi connectivity index (χ4v) is 4.63. The third-order valence-electron chi connectivity index (χ3n) is 5.25. The molecule has 0 saturated carbocycles. The predicted octanol–water partition coefficient (Wildman–Crippen LogP) is 4.00. The van der Waals surface area contributed by atoms with Crippen LogP contribution >= 0.6 is 22.9 Å². The lowest BCUT2D eigenvalue weighted by Gasteiger charge is -2.41. The summed E-state index contributed by atoms with van der Waals surface area (Å²) in [6, 6.07) is 12.0. The highest BCUT2D eigenvalue weighted by Gasteiger charge is 2.41. The number of thiazole rings is 1. The monoisotopic (exact) mass is 398 g/mol. The quantitative estimate of drug-likeness (QED) is 0.723. The number of rotatable bonds is 3. The molecule has 0 radical (unpaired) electrons. The zero-order chi connectivity index (χ0) is 18.9. The molecule has 4 rings (SSSR count). The van der Waals surface area contributed by atoms with Crippen LogP contribution in [0.5, 0.6) is 0 Å². The highest BCUT2D eigenvalue weighted by molar-refractivity contribution is 7.13. The molecule has 3 aromatic rings. The second-order valence-electron chi connectivity index (χ2n) is 6.67. The van der Waals surface area contributed by atoms with E-state index in [9.17, 15) is 4.79 Å². The SMILES string of the molecule is Nc1nc(C2(c3ccccc3)CCN(C(=O)c3ccncc3Cl)CC2)cs1. The summed E-state index contributed by atoms with van der Waals surface area (Å²) in [4.78, 5) is 23.3. The lowest BCUT2D eigenvalue weighted by molar-refractivity contribution is 0.0684. The number of anilines is 1. The molecule has 5 nitrogen and oxygen atoms in total. The molecule has 0 unspecified atom stereocenters. The molecule has 2 aromatic heterocycles. The molecular weight excluding hydrogens is 380 g/mol. The van der Waals surface area contributed by atoms with Gasteiger partial charge in [0.1, 0.15) is 0 Å². The van der Waals surface area contributed by atoms with Crippen molar-refractivity contribution in [3.63, 3.8) is 0 Å². The van der Waals surface area contributed by atoms with Crippen LogP contribution in [-0.2, 0) is 5.41 Å². The van der Waals surface area contributed by atoms with Gasteiger partial charge in [0.15, 0.2) is 5.13 Å². The van der Waals surface area contributed by atoms with E-state index >= 15 is 0 Å². The maximum Gasteiger partial charge on any atom is 0.255 e. The van der Waals surface area contributed by atoms with Crippen molar-refractivity contribution >= 4 is 34.0 Å². The Morgan fingerprint density at radius 1 is 1.19 bits per heavy atom. The number of hydrogen-bond donors (Lipinski definition) is 1. The van der Waals surface area contributed by atoms with E-state index in [0.717, 1.165) is 18.5 Å². The Morgan fingerprint density at radius 2 is 1.93 bits per heavy atom. The Bertz CT molecular complexity index is 951. The zero-order valence-electron chi connectivity index (χ0n) is 14.6. The van der Waals surface area contributed by atoms with Gasteiger partial charge in [-0.2, -0.15) is 0 Å². The number of carbonyl (C=O) groups is 1. The van der Waals surface area contributed by atoms with E-state index in [4.69, 9.17) is 17.3 Å². The molecule has 2 N–H and O–H groups in total. The maximum atomic E-state index is 12.9. The lowest BCUT2D eigenvalue weighted by atomic mass is 9.70. The smallest absolute Gasteiger partial charge is 0.255 e. The van der Waals surface area contributed by atoms with Crippen LogP contribution < -0.4 is 5.73 Å². The average molecular weight is 399 g/mol. The summed E-state index contributed by atoms with van der Waals surface area (Å²) in [6.45, 7) is 1.26. The first-order valence-electron chi connectivity index (χ1n) is 8.76. The van der Waals surface area contributed by atoms with Crippen molar-refractivity contribution in [3.8, 4) is 0 Å². The van der Waals surface area contributed by atoms with Gasteiger partial charge < -0.3 is 10.6 Å². The van der Waals surface area contributed by atoms with Gasteiger partial charge in [-0.05, 0) is 24.5 Å². The number of nitrogens with zero attached hydrogens (tertiary/aromatic N) is 3. The molecule has 0 atom stereocenters. The van der Waals surface area contributed by atoms with Crippen LogP contribution in [0.15, 0.2) is 54.2 Å². The highest BCUT2D eigenvalue weighted by atomic mass is 35.5. The number of benzene rings is 1. The largest absolute Gasteiger partial charge is 0.375 e. The molecule has 1 aliphatic rings. The summed E-state index contributed by atoms with van der Waals surface area (Å²) < 4.78 is 0. The molecule has 1 saturated heterocycles. The summed E-state index contributed by atoms with van der Waals surface area (Å²) in [5, 5.41) is 3.00. The number of piperidine rings is 1. The van der Waals surface area contributed by atoms with E-state index in [1.54, 1.807) is 12.3 Å². The number of carbonyl (C=O) groups excluding carboxylic acids is 1.